The van der Waals surface area contributed by atoms with Gasteiger partial charge in [0.1, 0.15) is 5.60 Å². The first-order chi connectivity index (χ1) is 9.49. The number of thiophene rings is 1. The number of hydrogen-bond acceptors (Lipinski definition) is 5. The van der Waals surface area contributed by atoms with E-state index in [1.807, 2.05) is 19.1 Å². The summed E-state index contributed by atoms with van der Waals surface area (Å²) in [6.45, 7) is 2.62. The van der Waals surface area contributed by atoms with E-state index < -0.39 is 5.60 Å². The minimum absolute atomic E-state index is 0.0646. The highest BCUT2D eigenvalue weighted by atomic mass is 35.5. The Morgan fingerprint density at radius 3 is 3.10 bits per heavy atom. The third kappa shape index (κ3) is 4.36. The number of amides is 1. The van der Waals surface area contributed by atoms with E-state index in [1.54, 1.807) is 0 Å². The first kappa shape index (κ1) is 16.1. The number of aliphatic hydroxyl groups is 1. The lowest BCUT2D eigenvalue weighted by atomic mass is 9.97. The van der Waals surface area contributed by atoms with Crippen molar-refractivity contribution in [1.29, 1.82) is 0 Å². The van der Waals surface area contributed by atoms with Crippen molar-refractivity contribution >= 4 is 40.6 Å². The Balaban J connectivity index is 1.65. The van der Waals surface area contributed by atoms with Crippen LogP contribution in [0.1, 0.15) is 18.2 Å². The van der Waals surface area contributed by atoms with Crippen molar-refractivity contribution in [3.63, 3.8) is 0 Å². The van der Waals surface area contributed by atoms with E-state index in [1.165, 1.54) is 23.1 Å². The average Bonchev–Trinajstić information content (AvgIpc) is 2.95. The molecule has 1 amide bonds. The second-order valence-electron chi connectivity index (χ2n) is 4.84. The largest absolute Gasteiger partial charge is 0.385 e. The van der Waals surface area contributed by atoms with E-state index in [0.717, 1.165) is 15.0 Å². The number of nitrogens with one attached hydrogen (secondary N) is 1. The van der Waals surface area contributed by atoms with Crippen LogP contribution in [0.5, 0.6) is 0 Å². The molecule has 1 aromatic rings. The summed E-state index contributed by atoms with van der Waals surface area (Å²) in [4.78, 5) is 12.9. The first-order valence-electron chi connectivity index (χ1n) is 6.42. The fraction of sp³-hybridized carbons (Fsp3) is 0.615. The van der Waals surface area contributed by atoms with E-state index in [9.17, 15) is 9.90 Å². The lowest BCUT2D eigenvalue weighted by Gasteiger charge is -2.26. The molecule has 20 heavy (non-hydrogen) atoms. The summed E-state index contributed by atoms with van der Waals surface area (Å²) in [6.07, 6.45) is 0.332. The summed E-state index contributed by atoms with van der Waals surface area (Å²) in [5.41, 5.74) is -0.929. The number of thioether (sulfide) groups is 1. The van der Waals surface area contributed by atoms with Crippen LogP contribution < -0.4 is 5.32 Å². The van der Waals surface area contributed by atoms with E-state index >= 15 is 0 Å². The van der Waals surface area contributed by atoms with E-state index in [0.29, 0.717) is 18.8 Å². The van der Waals surface area contributed by atoms with Crippen molar-refractivity contribution < 1.29 is 14.6 Å². The third-order valence-corrected chi connectivity index (χ3v) is 5.75. The summed E-state index contributed by atoms with van der Waals surface area (Å²) in [7, 11) is 0. The normalized spacial score (nSPS) is 25.9. The average molecular weight is 336 g/mol. The van der Waals surface area contributed by atoms with Crippen LogP contribution >= 0.6 is 34.7 Å². The van der Waals surface area contributed by atoms with Crippen molar-refractivity contribution in [2.24, 2.45) is 0 Å². The molecule has 4 nitrogen and oxygen atoms in total. The number of carbonyl (C=O) groups is 1. The van der Waals surface area contributed by atoms with Crippen molar-refractivity contribution in [1.82, 2.24) is 5.32 Å². The smallest absolute Gasteiger partial charge is 0.230 e. The van der Waals surface area contributed by atoms with Gasteiger partial charge in [0.25, 0.3) is 0 Å². The number of carbonyl (C=O) groups excluding carboxylic acids is 1. The number of rotatable bonds is 6. The fourth-order valence-electron chi connectivity index (χ4n) is 1.98. The lowest BCUT2D eigenvalue weighted by Crippen LogP contribution is -2.47. The van der Waals surface area contributed by atoms with Crippen molar-refractivity contribution in [3.8, 4) is 0 Å². The molecule has 0 saturated carbocycles. The third-order valence-electron chi connectivity index (χ3n) is 3.36. The molecular weight excluding hydrogens is 318 g/mol. The molecule has 2 atom stereocenters. The summed E-state index contributed by atoms with van der Waals surface area (Å²) >= 11 is 8.91. The molecule has 2 heterocycles. The molecule has 2 rings (SSSR count). The highest BCUT2D eigenvalue weighted by Crippen LogP contribution is 2.26. The molecule has 1 aliphatic rings. The van der Waals surface area contributed by atoms with Gasteiger partial charge < -0.3 is 15.2 Å². The predicted molar refractivity (Wildman–Crippen MR) is 83.5 cm³/mol. The second kappa shape index (κ2) is 7.13. The summed E-state index contributed by atoms with van der Waals surface area (Å²) < 4.78 is 6.09. The molecule has 0 radical (unpaired) electrons. The highest BCUT2D eigenvalue weighted by molar-refractivity contribution is 7.99. The molecule has 0 aromatic carbocycles. The van der Waals surface area contributed by atoms with Gasteiger partial charge in [0.2, 0.25) is 5.91 Å². The lowest BCUT2D eigenvalue weighted by molar-refractivity contribution is -0.120. The molecule has 1 fully saturated rings. The predicted octanol–water partition coefficient (Wildman–Crippen LogP) is 2.29. The summed E-state index contributed by atoms with van der Waals surface area (Å²) in [6, 6.07) is 3.83. The Labute approximate surface area is 131 Å². The molecule has 0 bridgehead atoms. The maximum atomic E-state index is 11.7. The Morgan fingerprint density at radius 1 is 1.70 bits per heavy atom. The zero-order valence-electron chi connectivity index (χ0n) is 11.2. The van der Waals surface area contributed by atoms with E-state index in [-0.39, 0.29) is 18.6 Å². The minimum atomic E-state index is -0.929. The van der Waals surface area contributed by atoms with Gasteiger partial charge in [-0.15, -0.1) is 23.1 Å². The zero-order valence-corrected chi connectivity index (χ0v) is 13.6. The molecule has 1 aromatic heterocycles. The maximum Gasteiger partial charge on any atom is 0.230 e. The Morgan fingerprint density at radius 2 is 2.50 bits per heavy atom. The summed E-state index contributed by atoms with van der Waals surface area (Å²) in [5, 5.41) is 13.0. The van der Waals surface area contributed by atoms with E-state index in [4.69, 9.17) is 16.3 Å². The van der Waals surface area contributed by atoms with Crippen molar-refractivity contribution in [2.75, 3.05) is 18.9 Å². The molecular formula is C13H18ClNO3S2. The van der Waals surface area contributed by atoms with Gasteiger partial charge in [-0.1, -0.05) is 11.6 Å². The fourth-order valence-corrected chi connectivity index (χ4v) is 4.03. The molecule has 1 aliphatic heterocycles. The van der Waals surface area contributed by atoms with Crippen LogP contribution in [-0.2, 0) is 15.3 Å². The first-order valence-corrected chi connectivity index (χ1v) is 8.77. The van der Waals surface area contributed by atoms with E-state index in [2.05, 4.69) is 5.32 Å². The van der Waals surface area contributed by atoms with Crippen LogP contribution in [0.25, 0.3) is 0 Å². The van der Waals surface area contributed by atoms with Gasteiger partial charge in [-0.3, -0.25) is 4.79 Å². The Kier molecular flexibility index (Phi) is 5.74. The molecule has 7 heteroatoms. The number of ether oxygens (including phenoxy) is 1. The Hall–Kier alpha value is -0.270. The topological polar surface area (TPSA) is 58.6 Å². The quantitative estimate of drug-likeness (QED) is 0.837. The van der Waals surface area contributed by atoms with Crippen LogP contribution in [-0.4, -0.2) is 41.6 Å². The van der Waals surface area contributed by atoms with Crippen LogP contribution in [0.2, 0.25) is 4.34 Å². The molecule has 2 N–H and O–H groups in total. The molecule has 0 aliphatic carbocycles. The van der Waals surface area contributed by atoms with Crippen molar-refractivity contribution in [3.05, 3.63) is 21.3 Å². The Bertz CT molecular complexity index is 468. The van der Waals surface area contributed by atoms with Gasteiger partial charge in [-0.25, -0.2) is 0 Å². The minimum Gasteiger partial charge on any atom is -0.385 e. The SMILES string of the molecule is CC1OCCC1(O)CNC(=O)CSCc1ccc(Cl)s1. The van der Waals surface area contributed by atoms with Crippen LogP contribution in [0.4, 0.5) is 0 Å². The van der Waals surface area contributed by atoms with Gasteiger partial charge >= 0.3 is 0 Å². The van der Waals surface area contributed by atoms with Gasteiger partial charge in [0.15, 0.2) is 0 Å². The van der Waals surface area contributed by atoms with Crippen molar-refractivity contribution in [2.45, 2.75) is 30.8 Å². The van der Waals surface area contributed by atoms with Crippen LogP contribution in [0.3, 0.4) is 0 Å². The number of hydrogen-bond donors (Lipinski definition) is 2. The molecule has 112 valence electrons. The van der Waals surface area contributed by atoms with Gasteiger partial charge in [-0.2, -0.15) is 0 Å². The summed E-state index contributed by atoms with van der Waals surface area (Å²) in [5.74, 6) is 1.08. The molecule has 0 spiro atoms. The zero-order chi connectivity index (χ0) is 14.6. The standard InChI is InChI=1S/C13H18ClNO3S2/c1-9-13(17,4-5-18-9)8-15-12(16)7-19-6-10-2-3-11(14)20-10/h2-3,9,17H,4-8H2,1H3,(H,15,16). The second-order valence-corrected chi connectivity index (χ2v) is 7.63. The number of halogens is 1. The maximum absolute atomic E-state index is 11.7. The molecule has 1 saturated heterocycles. The van der Waals surface area contributed by atoms with Crippen LogP contribution in [0.15, 0.2) is 12.1 Å². The molecule has 2 unspecified atom stereocenters. The van der Waals surface area contributed by atoms with Crippen LogP contribution in [0, 0.1) is 0 Å². The monoisotopic (exact) mass is 335 g/mol. The van der Waals surface area contributed by atoms with Gasteiger partial charge in [0.05, 0.1) is 16.2 Å². The van der Waals surface area contributed by atoms with Gasteiger partial charge in [-0.05, 0) is 19.1 Å². The highest BCUT2D eigenvalue weighted by Gasteiger charge is 2.39. The van der Waals surface area contributed by atoms with Gasteiger partial charge in [0, 0.05) is 30.2 Å².